The monoisotopic (exact) mass is 368 g/mol. The van der Waals surface area contributed by atoms with Crippen molar-refractivity contribution in [2.24, 2.45) is 0 Å². The molecule has 0 bridgehead atoms. The van der Waals surface area contributed by atoms with Gasteiger partial charge in [0.15, 0.2) is 0 Å². The number of likely N-dealkylation sites (N-methyl/N-ethyl adjacent to an activating group) is 1. The Morgan fingerprint density at radius 3 is 2.48 bits per heavy atom. The molecule has 25 heavy (non-hydrogen) atoms. The number of rotatable bonds is 5. The molecule has 2 saturated heterocycles. The van der Waals surface area contributed by atoms with Crippen LogP contribution in [0.4, 0.5) is 0 Å². The van der Waals surface area contributed by atoms with Gasteiger partial charge in [-0.3, -0.25) is 4.79 Å². The molecule has 8 heteroatoms. The zero-order valence-corrected chi connectivity index (χ0v) is 15.2. The highest BCUT2D eigenvalue weighted by Crippen LogP contribution is 2.19. The molecule has 0 spiro atoms. The molecule has 0 aliphatic carbocycles. The Morgan fingerprint density at radius 2 is 1.88 bits per heavy atom. The number of morpholine rings is 1. The van der Waals surface area contributed by atoms with E-state index >= 15 is 0 Å². The Morgan fingerprint density at radius 1 is 1.20 bits per heavy atom. The topological polar surface area (TPSA) is 76.2 Å². The van der Waals surface area contributed by atoms with E-state index < -0.39 is 10.0 Å². The lowest BCUT2D eigenvalue weighted by atomic mass is 10.2. The highest BCUT2D eigenvalue weighted by molar-refractivity contribution is 7.89. The van der Waals surface area contributed by atoms with Crippen molar-refractivity contribution in [2.45, 2.75) is 23.8 Å². The second kappa shape index (κ2) is 7.82. The van der Waals surface area contributed by atoms with Gasteiger partial charge in [-0.2, -0.15) is 4.31 Å². The third-order valence-corrected chi connectivity index (χ3v) is 6.43. The van der Waals surface area contributed by atoms with Crippen LogP contribution in [0.15, 0.2) is 29.2 Å². The Balaban J connectivity index is 1.68. The summed E-state index contributed by atoms with van der Waals surface area (Å²) in [6.45, 7) is 3.22. The lowest BCUT2D eigenvalue weighted by molar-refractivity contribution is 0.0303. The summed E-state index contributed by atoms with van der Waals surface area (Å²) in [7, 11) is -2.03. The largest absolute Gasteiger partial charge is 0.378 e. The molecule has 0 radical (unpaired) electrons. The van der Waals surface area contributed by atoms with Crippen LogP contribution in [0.1, 0.15) is 23.2 Å². The van der Waals surface area contributed by atoms with Crippen LogP contribution in [0.3, 0.4) is 0 Å². The fourth-order valence-electron chi connectivity index (χ4n) is 3.07. The second-order valence-electron chi connectivity index (χ2n) is 6.35. The first-order valence-corrected chi connectivity index (χ1v) is 9.97. The minimum atomic E-state index is -3.59. The van der Waals surface area contributed by atoms with E-state index in [0.29, 0.717) is 45.0 Å². The quantitative estimate of drug-likeness (QED) is 0.774. The Bertz CT molecular complexity index is 692. The van der Waals surface area contributed by atoms with Crippen molar-refractivity contribution in [2.75, 3.05) is 46.5 Å². The van der Waals surface area contributed by atoms with Crippen molar-refractivity contribution in [1.29, 1.82) is 0 Å². The molecule has 3 rings (SSSR count). The highest BCUT2D eigenvalue weighted by atomic mass is 32.2. The molecule has 0 N–H and O–H groups in total. The number of benzene rings is 1. The number of ether oxygens (including phenoxy) is 2. The summed E-state index contributed by atoms with van der Waals surface area (Å²) in [5.41, 5.74) is 0.489. The van der Waals surface area contributed by atoms with Gasteiger partial charge in [-0.25, -0.2) is 8.42 Å². The SMILES string of the molecule is CN(C[C@@H]1CCCO1)S(=O)(=O)c1ccc(C(=O)N2CCOCC2)cc1. The van der Waals surface area contributed by atoms with Crippen molar-refractivity contribution in [3.8, 4) is 0 Å². The molecule has 1 amide bonds. The smallest absolute Gasteiger partial charge is 0.254 e. The van der Waals surface area contributed by atoms with Crippen LogP contribution >= 0.6 is 0 Å². The second-order valence-corrected chi connectivity index (χ2v) is 8.39. The normalized spacial score (nSPS) is 21.7. The van der Waals surface area contributed by atoms with Crippen LogP contribution in [-0.4, -0.2) is 76.1 Å². The van der Waals surface area contributed by atoms with E-state index in [0.717, 1.165) is 12.8 Å². The van der Waals surface area contributed by atoms with E-state index in [1.54, 1.807) is 24.1 Å². The van der Waals surface area contributed by atoms with Gasteiger partial charge in [-0.05, 0) is 37.1 Å². The van der Waals surface area contributed by atoms with Gasteiger partial charge in [0.05, 0.1) is 24.2 Å². The minimum absolute atomic E-state index is 0.0399. The molecule has 0 aromatic heterocycles. The van der Waals surface area contributed by atoms with E-state index in [-0.39, 0.29) is 16.9 Å². The maximum absolute atomic E-state index is 12.7. The van der Waals surface area contributed by atoms with E-state index in [1.165, 1.54) is 16.4 Å². The van der Waals surface area contributed by atoms with Gasteiger partial charge < -0.3 is 14.4 Å². The molecule has 1 aromatic rings. The van der Waals surface area contributed by atoms with E-state index in [4.69, 9.17) is 9.47 Å². The van der Waals surface area contributed by atoms with Crippen LogP contribution in [0.5, 0.6) is 0 Å². The van der Waals surface area contributed by atoms with Crippen LogP contribution < -0.4 is 0 Å². The van der Waals surface area contributed by atoms with Crippen LogP contribution in [0.2, 0.25) is 0 Å². The van der Waals surface area contributed by atoms with Gasteiger partial charge in [0, 0.05) is 38.9 Å². The summed E-state index contributed by atoms with van der Waals surface area (Å²) in [5.74, 6) is -0.0973. The molecule has 2 aliphatic heterocycles. The van der Waals surface area contributed by atoms with Crippen molar-refractivity contribution < 1.29 is 22.7 Å². The van der Waals surface area contributed by atoms with E-state index in [2.05, 4.69) is 0 Å². The number of sulfonamides is 1. The van der Waals surface area contributed by atoms with E-state index in [9.17, 15) is 13.2 Å². The number of hydrogen-bond donors (Lipinski definition) is 0. The fourth-order valence-corrected chi connectivity index (χ4v) is 4.27. The van der Waals surface area contributed by atoms with Crippen LogP contribution in [-0.2, 0) is 19.5 Å². The third kappa shape index (κ3) is 4.20. The average Bonchev–Trinajstić information content (AvgIpc) is 3.15. The molecule has 1 atom stereocenters. The minimum Gasteiger partial charge on any atom is -0.378 e. The molecule has 1 aromatic carbocycles. The standard InChI is InChI=1S/C17H24N2O5S/c1-18(13-15-3-2-10-24-15)25(21,22)16-6-4-14(5-7-16)17(20)19-8-11-23-12-9-19/h4-7,15H,2-3,8-13H2,1H3/t15-/m0/s1. The zero-order chi connectivity index (χ0) is 17.9. The number of carbonyl (C=O) groups excluding carboxylic acids is 1. The van der Waals surface area contributed by atoms with Crippen molar-refractivity contribution >= 4 is 15.9 Å². The summed E-state index contributed by atoms with van der Waals surface area (Å²) in [5, 5.41) is 0. The fraction of sp³-hybridized carbons (Fsp3) is 0.588. The van der Waals surface area contributed by atoms with Crippen LogP contribution in [0.25, 0.3) is 0 Å². The van der Waals surface area contributed by atoms with Gasteiger partial charge in [0.2, 0.25) is 10.0 Å². The lowest BCUT2D eigenvalue weighted by Crippen LogP contribution is -2.40. The lowest BCUT2D eigenvalue weighted by Gasteiger charge is -2.27. The van der Waals surface area contributed by atoms with Crippen molar-refractivity contribution in [3.63, 3.8) is 0 Å². The molecular formula is C17H24N2O5S. The first-order valence-electron chi connectivity index (χ1n) is 8.53. The number of amides is 1. The predicted octanol–water partition coefficient (Wildman–Crippen LogP) is 0.959. The molecule has 138 valence electrons. The van der Waals surface area contributed by atoms with Gasteiger partial charge >= 0.3 is 0 Å². The number of nitrogens with zero attached hydrogens (tertiary/aromatic N) is 2. The summed E-state index contributed by atoms with van der Waals surface area (Å²) in [4.78, 5) is 14.3. The maximum Gasteiger partial charge on any atom is 0.254 e. The predicted molar refractivity (Wildman–Crippen MR) is 92.0 cm³/mol. The molecule has 0 saturated carbocycles. The molecular weight excluding hydrogens is 344 g/mol. The van der Waals surface area contributed by atoms with Gasteiger partial charge in [-0.15, -0.1) is 0 Å². The summed E-state index contributed by atoms with van der Waals surface area (Å²) in [6, 6.07) is 6.14. The van der Waals surface area contributed by atoms with Gasteiger partial charge in [0.25, 0.3) is 5.91 Å². The zero-order valence-electron chi connectivity index (χ0n) is 14.4. The maximum atomic E-state index is 12.7. The molecule has 2 heterocycles. The Labute approximate surface area is 148 Å². The summed E-state index contributed by atoms with van der Waals surface area (Å²) < 4.78 is 37.4. The third-order valence-electron chi connectivity index (χ3n) is 4.59. The van der Waals surface area contributed by atoms with Crippen molar-refractivity contribution in [3.05, 3.63) is 29.8 Å². The molecule has 2 fully saturated rings. The average molecular weight is 368 g/mol. The Hall–Kier alpha value is -1.48. The van der Waals surface area contributed by atoms with E-state index in [1.807, 2.05) is 0 Å². The van der Waals surface area contributed by atoms with Crippen LogP contribution in [0, 0.1) is 0 Å². The highest BCUT2D eigenvalue weighted by Gasteiger charge is 2.26. The Kier molecular flexibility index (Phi) is 5.73. The summed E-state index contributed by atoms with van der Waals surface area (Å²) >= 11 is 0. The van der Waals surface area contributed by atoms with Gasteiger partial charge in [-0.1, -0.05) is 0 Å². The molecule has 7 nitrogen and oxygen atoms in total. The first kappa shape index (κ1) is 18.3. The number of hydrogen-bond acceptors (Lipinski definition) is 5. The molecule has 2 aliphatic rings. The first-order chi connectivity index (χ1) is 12.0. The number of carbonyl (C=O) groups is 1. The molecule has 0 unspecified atom stereocenters. The van der Waals surface area contributed by atoms with Gasteiger partial charge in [0.1, 0.15) is 0 Å². The summed E-state index contributed by atoms with van der Waals surface area (Å²) in [6.07, 6.45) is 1.81. The van der Waals surface area contributed by atoms with Crippen molar-refractivity contribution in [1.82, 2.24) is 9.21 Å².